The molecule has 0 spiro atoms. The summed E-state index contributed by atoms with van der Waals surface area (Å²) in [6, 6.07) is 0. The number of rotatable bonds is 2. The van der Waals surface area contributed by atoms with E-state index in [-0.39, 0.29) is 24.6 Å². The SMILES string of the molecule is Cl.NCc1sc(Br)nc1C(=O)O. The number of aromatic carboxylic acids is 1. The summed E-state index contributed by atoms with van der Waals surface area (Å²) in [6.45, 7) is 0.213. The molecule has 0 bridgehead atoms. The second-order valence-corrected chi connectivity index (χ2v) is 4.11. The molecule has 12 heavy (non-hydrogen) atoms. The molecule has 0 aromatic carbocycles. The largest absolute Gasteiger partial charge is 0.476 e. The van der Waals surface area contributed by atoms with E-state index < -0.39 is 5.97 Å². The summed E-state index contributed by atoms with van der Waals surface area (Å²) in [5, 5.41) is 8.58. The topological polar surface area (TPSA) is 76.2 Å². The van der Waals surface area contributed by atoms with E-state index in [0.717, 1.165) is 0 Å². The molecule has 1 heterocycles. The first-order valence-electron chi connectivity index (χ1n) is 2.73. The predicted octanol–water partition coefficient (Wildman–Crippen LogP) is 1.48. The predicted molar refractivity (Wildman–Crippen MR) is 51.9 cm³/mol. The molecule has 0 atom stereocenters. The minimum Gasteiger partial charge on any atom is -0.476 e. The Morgan fingerprint density at radius 3 is 2.67 bits per heavy atom. The third kappa shape index (κ3) is 2.41. The van der Waals surface area contributed by atoms with E-state index in [1.54, 1.807) is 0 Å². The van der Waals surface area contributed by atoms with Crippen molar-refractivity contribution in [1.29, 1.82) is 0 Å². The number of thiazole rings is 1. The Balaban J connectivity index is 0.00000121. The first kappa shape index (κ1) is 11.8. The van der Waals surface area contributed by atoms with Gasteiger partial charge in [-0.05, 0) is 15.9 Å². The first-order chi connectivity index (χ1) is 5.15. The Morgan fingerprint density at radius 2 is 2.33 bits per heavy atom. The van der Waals surface area contributed by atoms with Gasteiger partial charge in [-0.1, -0.05) is 0 Å². The number of nitrogens with two attached hydrogens (primary N) is 1. The normalized spacial score (nSPS) is 9.17. The van der Waals surface area contributed by atoms with Crippen LogP contribution in [-0.2, 0) is 6.54 Å². The smallest absolute Gasteiger partial charge is 0.355 e. The second kappa shape index (κ2) is 4.76. The monoisotopic (exact) mass is 272 g/mol. The van der Waals surface area contributed by atoms with E-state index in [2.05, 4.69) is 20.9 Å². The minimum atomic E-state index is -1.03. The zero-order valence-corrected chi connectivity index (χ0v) is 9.00. The van der Waals surface area contributed by atoms with Crippen LogP contribution in [0.25, 0.3) is 0 Å². The highest BCUT2D eigenvalue weighted by Gasteiger charge is 2.14. The van der Waals surface area contributed by atoms with Gasteiger partial charge in [0.25, 0.3) is 0 Å². The standard InChI is InChI=1S/C5H5BrN2O2S.ClH/c6-5-8-3(4(9)10)2(1-7)11-5;/h1,7H2,(H,9,10);1H. The lowest BCUT2D eigenvalue weighted by Crippen LogP contribution is -2.04. The Morgan fingerprint density at radius 1 is 1.75 bits per heavy atom. The number of aromatic nitrogens is 1. The van der Waals surface area contributed by atoms with Crippen LogP contribution in [0.5, 0.6) is 0 Å². The lowest BCUT2D eigenvalue weighted by Gasteiger charge is -1.89. The van der Waals surface area contributed by atoms with E-state index in [0.29, 0.717) is 8.79 Å². The van der Waals surface area contributed by atoms with Crippen molar-refractivity contribution in [2.24, 2.45) is 5.73 Å². The molecular formula is C5H6BrClN2O2S. The average Bonchev–Trinajstić information content (AvgIpc) is 2.30. The van der Waals surface area contributed by atoms with Crippen molar-refractivity contribution < 1.29 is 9.90 Å². The number of hydrogen-bond donors (Lipinski definition) is 2. The van der Waals surface area contributed by atoms with Gasteiger partial charge in [-0.3, -0.25) is 0 Å². The molecule has 0 saturated heterocycles. The van der Waals surface area contributed by atoms with Gasteiger partial charge in [-0.15, -0.1) is 23.7 Å². The van der Waals surface area contributed by atoms with Gasteiger partial charge in [0.05, 0.1) is 4.88 Å². The molecule has 7 heteroatoms. The zero-order valence-electron chi connectivity index (χ0n) is 5.78. The van der Waals surface area contributed by atoms with Crippen LogP contribution >= 0.6 is 39.7 Å². The van der Waals surface area contributed by atoms with Crippen molar-refractivity contribution in [2.75, 3.05) is 0 Å². The molecule has 0 amide bonds. The fourth-order valence-electron chi connectivity index (χ4n) is 0.629. The quantitative estimate of drug-likeness (QED) is 0.856. The lowest BCUT2D eigenvalue weighted by atomic mass is 10.4. The van der Waals surface area contributed by atoms with Crippen LogP contribution in [0.15, 0.2) is 3.92 Å². The molecular weight excluding hydrogens is 267 g/mol. The molecule has 0 radical (unpaired) electrons. The zero-order chi connectivity index (χ0) is 8.43. The highest BCUT2D eigenvalue weighted by Crippen LogP contribution is 2.22. The summed E-state index contributed by atoms with van der Waals surface area (Å²) < 4.78 is 0.551. The molecule has 1 rings (SSSR count). The molecule has 1 aromatic heterocycles. The summed E-state index contributed by atoms with van der Waals surface area (Å²) in [5.41, 5.74) is 5.33. The van der Waals surface area contributed by atoms with Crippen LogP contribution in [0, 0.1) is 0 Å². The fraction of sp³-hybridized carbons (Fsp3) is 0.200. The van der Waals surface area contributed by atoms with E-state index in [1.807, 2.05) is 0 Å². The van der Waals surface area contributed by atoms with Gasteiger partial charge < -0.3 is 10.8 Å². The first-order valence-corrected chi connectivity index (χ1v) is 4.34. The molecule has 3 N–H and O–H groups in total. The van der Waals surface area contributed by atoms with Gasteiger partial charge in [0.1, 0.15) is 0 Å². The van der Waals surface area contributed by atoms with Crippen LogP contribution in [-0.4, -0.2) is 16.1 Å². The summed E-state index contributed by atoms with van der Waals surface area (Å²) in [4.78, 5) is 14.8. The van der Waals surface area contributed by atoms with Crippen molar-refractivity contribution in [1.82, 2.24) is 4.98 Å². The third-order valence-corrected chi connectivity index (χ3v) is 2.59. The van der Waals surface area contributed by atoms with Crippen LogP contribution in [0.4, 0.5) is 0 Å². The van der Waals surface area contributed by atoms with E-state index in [9.17, 15) is 4.79 Å². The Labute approximate surface area is 87.3 Å². The number of carboxylic acid groups (broad SMARTS) is 1. The molecule has 0 aliphatic rings. The van der Waals surface area contributed by atoms with Crippen LogP contribution < -0.4 is 5.73 Å². The summed E-state index contributed by atoms with van der Waals surface area (Å²) >= 11 is 4.32. The maximum absolute atomic E-state index is 10.5. The lowest BCUT2D eigenvalue weighted by molar-refractivity contribution is 0.0690. The summed E-state index contributed by atoms with van der Waals surface area (Å²) in [7, 11) is 0. The maximum atomic E-state index is 10.5. The molecule has 0 aliphatic heterocycles. The van der Waals surface area contributed by atoms with Crippen molar-refractivity contribution in [3.8, 4) is 0 Å². The molecule has 0 fully saturated rings. The van der Waals surface area contributed by atoms with Gasteiger partial charge in [-0.25, -0.2) is 9.78 Å². The van der Waals surface area contributed by atoms with Gasteiger partial charge in [0.15, 0.2) is 9.61 Å². The molecule has 0 unspecified atom stereocenters. The molecule has 0 saturated carbocycles. The Bertz CT molecular complexity index is 291. The minimum absolute atomic E-state index is 0. The number of nitrogens with zero attached hydrogens (tertiary/aromatic N) is 1. The van der Waals surface area contributed by atoms with E-state index in [1.165, 1.54) is 11.3 Å². The molecule has 1 aromatic rings. The van der Waals surface area contributed by atoms with E-state index in [4.69, 9.17) is 10.8 Å². The van der Waals surface area contributed by atoms with Crippen molar-refractivity contribution >= 4 is 45.6 Å². The van der Waals surface area contributed by atoms with Crippen molar-refractivity contribution in [3.63, 3.8) is 0 Å². The third-order valence-electron chi connectivity index (χ3n) is 1.06. The molecule has 4 nitrogen and oxygen atoms in total. The van der Waals surface area contributed by atoms with Crippen LogP contribution in [0.3, 0.4) is 0 Å². The van der Waals surface area contributed by atoms with E-state index >= 15 is 0 Å². The van der Waals surface area contributed by atoms with Crippen LogP contribution in [0.2, 0.25) is 0 Å². The fourth-order valence-corrected chi connectivity index (χ4v) is 2.05. The highest BCUT2D eigenvalue weighted by atomic mass is 79.9. The number of hydrogen-bond acceptors (Lipinski definition) is 4. The van der Waals surface area contributed by atoms with Gasteiger partial charge >= 0.3 is 5.97 Å². The Hall–Kier alpha value is -0.170. The molecule has 68 valence electrons. The Kier molecular flexibility index (Phi) is 4.69. The average molecular weight is 274 g/mol. The number of halogens is 2. The number of carboxylic acids is 1. The second-order valence-electron chi connectivity index (χ2n) is 1.75. The van der Waals surface area contributed by atoms with Gasteiger partial charge in [0.2, 0.25) is 0 Å². The van der Waals surface area contributed by atoms with Crippen LogP contribution in [0.1, 0.15) is 15.4 Å². The highest BCUT2D eigenvalue weighted by molar-refractivity contribution is 9.11. The maximum Gasteiger partial charge on any atom is 0.355 e. The number of carbonyl (C=O) groups is 1. The van der Waals surface area contributed by atoms with Gasteiger partial charge in [0, 0.05) is 6.54 Å². The summed E-state index contributed by atoms with van der Waals surface area (Å²) in [6.07, 6.45) is 0. The van der Waals surface area contributed by atoms with Gasteiger partial charge in [-0.2, -0.15) is 0 Å². The van der Waals surface area contributed by atoms with Crippen molar-refractivity contribution in [3.05, 3.63) is 14.5 Å². The molecule has 0 aliphatic carbocycles. The van der Waals surface area contributed by atoms with Crippen molar-refractivity contribution in [2.45, 2.75) is 6.54 Å². The summed E-state index contributed by atoms with van der Waals surface area (Å²) in [5.74, 6) is -1.03.